The van der Waals surface area contributed by atoms with E-state index in [1.165, 1.54) is 5.56 Å². The van der Waals surface area contributed by atoms with Gasteiger partial charge in [-0.2, -0.15) is 0 Å². The Labute approximate surface area is 154 Å². The molecule has 1 N–H and O–H groups in total. The first-order valence-electron chi connectivity index (χ1n) is 8.19. The lowest BCUT2D eigenvalue weighted by Crippen LogP contribution is -2.40. The third-order valence-corrected chi connectivity index (χ3v) is 4.87. The molecule has 5 nitrogen and oxygen atoms in total. The molecular formula is C19H17BrN4O. The maximum atomic E-state index is 12.9. The summed E-state index contributed by atoms with van der Waals surface area (Å²) in [6, 6.07) is 11.5. The van der Waals surface area contributed by atoms with Gasteiger partial charge in [0.15, 0.2) is 0 Å². The normalized spacial score (nSPS) is 14.4. The lowest BCUT2D eigenvalue weighted by Gasteiger charge is -2.23. The third kappa shape index (κ3) is 2.98. The number of fused-ring (bicyclic) bond motifs is 2. The Balaban J connectivity index is 1.59. The molecule has 0 spiro atoms. The zero-order valence-corrected chi connectivity index (χ0v) is 15.3. The van der Waals surface area contributed by atoms with E-state index >= 15 is 0 Å². The van der Waals surface area contributed by atoms with E-state index in [2.05, 4.69) is 37.3 Å². The molecule has 1 atom stereocenters. The van der Waals surface area contributed by atoms with Crippen LogP contribution < -0.4 is 10.2 Å². The molecule has 126 valence electrons. The molecule has 0 fully saturated rings. The van der Waals surface area contributed by atoms with Gasteiger partial charge in [-0.05, 0) is 53.0 Å². The van der Waals surface area contributed by atoms with Gasteiger partial charge in [0.25, 0.3) is 0 Å². The lowest BCUT2D eigenvalue weighted by molar-refractivity contribution is -0.118. The van der Waals surface area contributed by atoms with Gasteiger partial charge >= 0.3 is 0 Å². The van der Waals surface area contributed by atoms with Crippen molar-refractivity contribution in [3.8, 4) is 0 Å². The second-order valence-electron chi connectivity index (χ2n) is 6.11. The summed E-state index contributed by atoms with van der Waals surface area (Å²) in [5.74, 6) is 0.0621. The second-order valence-corrected chi connectivity index (χ2v) is 7.03. The molecule has 2 aromatic heterocycles. The molecule has 3 heterocycles. The van der Waals surface area contributed by atoms with Gasteiger partial charge in [0.2, 0.25) is 5.91 Å². The van der Waals surface area contributed by atoms with E-state index in [-0.39, 0.29) is 11.9 Å². The minimum Gasteiger partial charge on any atom is -0.372 e. The van der Waals surface area contributed by atoms with Crippen molar-refractivity contribution in [2.24, 2.45) is 0 Å². The van der Waals surface area contributed by atoms with E-state index in [9.17, 15) is 4.79 Å². The maximum Gasteiger partial charge on any atom is 0.249 e. The Morgan fingerprint density at radius 2 is 2.12 bits per heavy atom. The van der Waals surface area contributed by atoms with Crippen LogP contribution >= 0.6 is 15.9 Å². The van der Waals surface area contributed by atoms with Crippen LogP contribution in [0.2, 0.25) is 0 Å². The summed E-state index contributed by atoms with van der Waals surface area (Å²) in [5.41, 5.74) is 4.59. The van der Waals surface area contributed by atoms with Crippen molar-refractivity contribution >= 4 is 44.2 Å². The molecule has 1 amide bonds. The molecule has 0 bridgehead atoms. The molecule has 0 aliphatic carbocycles. The Morgan fingerprint density at radius 3 is 3.00 bits per heavy atom. The third-order valence-electron chi connectivity index (χ3n) is 4.44. The summed E-state index contributed by atoms with van der Waals surface area (Å²) in [7, 11) is 0. The van der Waals surface area contributed by atoms with Gasteiger partial charge in [-0.3, -0.25) is 14.8 Å². The largest absolute Gasteiger partial charge is 0.372 e. The highest BCUT2D eigenvalue weighted by Gasteiger charge is 2.27. The van der Waals surface area contributed by atoms with Crippen LogP contribution in [0, 0.1) is 0 Å². The molecular weight excluding hydrogens is 380 g/mol. The molecule has 1 aromatic carbocycles. The van der Waals surface area contributed by atoms with Crippen molar-refractivity contribution in [3.05, 3.63) is 58.8 Å². The Kier molecular flexibility index (Phi) is 4.13. The number of hydrogen-bond acceptors (Lipinski definition) is 4. The standard InChI is InChI=1S/C19H17BrN4O/c1-12(19(25)24-9-7-13-4-2-3-5-17(13)24)23-15-6-8-21-16-10-14(20)11-22-18(15)16/h2-6,8,10-12H,7,9H2,1H3,(H,21,23). The molecule has 0 saturated carbocycles. The summed E-state index contributed by atoms with van der Waals surface area (Å²) >= 11 is 3.41. The molecule has 25 heavy (non-hydrogen) atoms. The van der Waals surface area contributed by atoms with Crippen LogP contribution in [-0.4, -0.2) is 28.5 Å². The average molecular weight is 397 g/mol. The van der Waals surface area contributed by atoms with Crippen molar-refractivity contribution in [1.82, 2.24) is 9.97 Å². The van der Waals surface area contributed by atoms with E-state index in [0.29, 0.717) is 0 Å². The number of pyridine rings is 2. The first kappa shape index (κ1) is 16.0. The number of nitrogens with one attached hydrogen (secondary N) is 1. The van der Waals surface area contributed by atoms with Gasteiger partial charge in [0, 0.05) is 29.1 Å². The zero-order chi connectivity index (χ0) is 17.4. The van der Waals surface area contributed by atoms with Crippen LogP contribution in [0.15, 0.2) is 53.3 Å². The van der Waals surface area contributed by atoms with Crippen molar-refractivity contribution in [2.45, 2.75) is 19.4 Å². The number of anilines is 2. The fourth-order valence-corrected chi connectivity index (χ4v) is 3.54. The predicted octanol–water partition coefficient (Wildman–Crippen LogP) is 3.78. The Morgan fingerprint density at radius 1 is 1.28 bits per heavy atom. The average Bonchev–Trinajstić information content (AvgIpc) is 3.05. The molecule has 0 radical (unpaired) electrons. The number of halogens is 1. The van der Waals surface area contributed by atoms with Crippen LogP contribution in [0.4, 0.5) is 11.4 Å². The van der Waals surface area contributed by atoms with E-state index in [1.807, 2.05) is 42.2 Å². The van der Waals surface area contributed by atoms with Gasteiger partial charge in [-0.25, -0.2) is 0 Å². The van der Waals surface area contributed by atoms with E-state index in [0.717, 1.165) is 39.8 Å². The lowest BCUT2D eigenvalue weighted by atomic mass is 10.2. The number of rotatable bonds is 3. The summed E-state index contributed by atoms with van der Waals surface area (Å²) in [6.07, 6.45) is 4.36. The fraction of sp³-hybridized carbons (Fsp3) is 0.211. The number of aromatic nitrogens is 2. The summed E-state index contributed by atoms with van der Waals surface area (Å²) < 4.78 is 0.877. The first-order chi connectivity index (χ1) is 12.1. The highest BCUT2D eigenvalue weighted by Crippen LogP contribution is 2.29. The fourth-order valence-electron chi connectivity index (χ4n) is 3.22. The van der Waals surface area contributed by atoms with E-state index in [4.69, 9.17) is 0 Å². The summed E-state index contributed by atoms with van der Waals surface area (Å²) in [6.45, 7) is 2.61. The molecule has 1 unspecified atom stereocenters. The molecule has 3 aromatic rings. The molecule has 0 saturated heterocycles. The zero-order valence-electron chi connectivity index (χ0n) is 13.7. The number of hydrogen-bond donors (Lipinski definition) is 1. The minimum atomic E-state index is -0.359. The SMILES string of the molecule is CC(Nc1ccnc2cc(Br)cnc12)C(=O)N1CCc2ccccc21. The molecule has 1 aliphatic heterocycles. The number of nitrogens with zero attached hydrogens (tertiary/aromatic N) is 3. The summed E-state index contributed by atoms with van der Waals surface area (Å²) in [4.78, 5) is 23.5. The van der Waals surface area contributed by atoms with Crippen molar-refractivity contribution in [1.29, 1.82) is 0 Å². The smallest absolute Gasteiger partial charge is 0.249 e. The molecule has 6 heteroatoms. The maximum absolute atomic E-state index is 12.9. The number of carbonyl (C=O) groups is 1. The van der Waals surface area contributed by atoms with Crippen LogP contribution in [0.3, 0.4) is 0 Å². The van der Waals surface area contributed by atoms with Crippen LogP contribution in [0.1, 0.15) is 12.5 Å². The van der Waals surface area contributed by atoms with Crippen LogP contribution in [0.5, 0.6) is 0 Å². The number of amides is 1. The van der Waals surface area contributed by atoms with E-state index < -0.39 is 0 Å². The predicted molar refractivity (Wildman–Crippen MR) is 103 cm³/mol. The topological polar surface area (TPSA) is 58.1 Å². The van der Waals surface area contributed by atoms with Crippen molar-refractivity contribution in [3.63, 3.8) is 0 Å². The molecule has 1 aliphatic rings. The Hall–Kier alpha value is -2.47. The number of benzene rings is 1. The number of para-hydroxylation sites is 1. The monoisotopic (exact) mass is 396 g/mol. The second kappa shape index (κ2) is 6.44. The van der Waals surface area contributed by atoms with Crippen molar-refractivity contribution in [2.75, 3.05) is 16.8 Å². The quantitative estimate of drug-likeness (QED) is 0.731. The van der Waals surface area contributed by atoms with Gasteiger partial charge < -0.3 is 10.2 Å². The van der Waals surface area contributed by atoms with Crippen LogP contribution in [0.25, 0.3) is 11.0 Å². The minimum absolute atomic E-state index is 0.0621. The van der Waals surface area contributed by atoms with Gasteiger partial charge in [0.1, 0.15) is 11.6 Å². The molecule has 4 rings (SSSR count). The van der Waals surface area contributed by atoms with Gasteiger partial charge in [-0.15, -0.1) is 0 Å². The van der Waals surface area contributed by atoms with Crippen molar-refractivity contribution < 1.29 is 4.79 Å². The Bertz CT molecular complexity index is 959. The number of carbonyl (C=O) groups excluding carboxylic acids is 1. The highest BCUT2D eigenvalue weighted by atomic mass is 79.9. The van der Waals surface area contributed by atoms with Gasteiger partial charge in [0.05, 0.1) is 11.2 Å². The van der Waals surface area contributed by atoms with Gasteiger partial charge in [-0.1, -0.05) is 18.2 Å². The van der Waals surface area contributed by atoms with E-state index in [1.54, 1.807) is 12.4 Å². The van der Waals surface area contributed by atoms with Crippen LogP contribution in [-0.2, 0) is 11.2 Å². The first-order valence-corrected chi connectivity index (χ1v) is 8.99. The highest BCUT2D eigenvalue weighted by molar-refractivity contribution is 9.10. The summed E-state index contributed by atoms with van der Waals surface area (Å²) in [5, 5.41) is 3.30.